The molecule has 0 atom stereocenters. The molecule has 2 aromatic rings. The third kappa shape index (κ3) is 0.928. The van der Waals surface area contributed by atoms with Crippen LogP contribution in [-0.2, 0) is 0 Å². The van der Waals surface area contributed by atoms with Gasteiger partial charge in [0.15, 0.2) is 0 Å². The fourth-order valence-corrected chi connectivity index (χ4v) is 1.66. The number of rotatable bonds is 1. The average Bonchev–Trinajstić information content (AvgIpc) is 2.42. The second-order valence-electron chi connectivity index (χ2n) is 2.13. The molecule has 5 nitrogen and oxygen atoms in total. The lowest BCUT2D eigenvalue weighted by Gasteiger charge is -1.79. The molecule has 12 heavy (non-hydrogen) atoms. The molecule has 6 heteroatoms. The van der Waals surface area contributed by atoms with Crippen molar-refractivity contribution >= 4 is 27.7 Å². The first-order valence-electron chi connectivity index (χ1n) is 3.03. The van der Waals surface area contributed by atoms with E-state index in [1.807, 2.05) is 0 Å². The van der Waals surface area contributed by atoms with Crippen LogP contribution in [0.5, 0.6) is 0 Å². The van der Waals surface area contributed by atoms with Gasteiger partial charge in [0.1, 0.15) is 4.88 Å². The minimum atomic E-state index is -1.02. The van der Waals surface area contributed by atoms with Gasteiger partial charge in [0.2, 0.25) is 4.90 Å². The van der Waals surface area contributed by atoms with Crippen molar-refractivity contribution in [2.45, 2.75) is 0 Å². The molecule has 2 aromatic heterocycles. The van der Waals surface area contributed by atoms with Gasteiger partial charge in [-0.25, -0.2) is 9.59 Å². The van der Waals surface area contributed by atoms with E-state index in [2.05, 4.69) is 9.40 Å². The van der Waals surface area contributed by atoms with Crippen molar-refractivity contribution in [1.29, 1.82) is 0 Å². The third-order valence-electron chi connectivity index (χ3n) is 1.33. The number of aromatic carboxylic acids is 1. The SMILES string of the molecule is O=C(O)c1cc2[nH]c(=O)oc2s1. The summed E-state index contributed by atoms with van der Waals surface area (Å²) in [6.07, 6.45) is 0. The van der Waals surface area contributed by atoms with Crippen LogP contribution >= 0.6 is 11.3 Å². The normalized spacial score (nSPS) is 10.7. The maximum atomic E-state index is 10.6. The van der Waals surface area contributed by atoms with Gasteiger partial charge in [0, 0.05) is 0 Å². The standard InChI is InChI=1S/C6H3NO4S/c8-4(9)3-1-2-5(12-3)11-6(10)7-2/h1H,(H,7,10)(H,8,9). The van der Waals surface area contributed by atoms with Gasteiger partial charge in [-0.05, 0) is 6.07 Å². The third-order valence-corrected chi connectivity index (χ3v) is 2.33. The Morgan fingerprint density at radius 1 is 1.67 bits per heavy atom. The zero-order valence-electron chi connectivity index (χ0n) is 5.66. The number of oxazole rings is 1. The van der Waals surface area contributed by atoms with Gasteiger partial charge < -0.3 is 9.52 Å². The molecule has 2 N–H and O–H groups in total. The van der Waals surface area contributed by atoms with Crippen LogP contribution in [0, 0.1) is 0 Å². The van der Waals surface area contributed by atoms with Gasteiger partial charge in [0.25, 0.3) is 0 Å². The van der Waals surface area contributed by atoms with Crippen molar-refractivity contribution in [2.24, 2.45) is 0 Å². The minimum absolute atomic E-state index is 0.153. The first-order chi connectivity index (χ1) is 5.66. The van der Waals surface area contributed by atoms with Crippen molar-refractivity contribution in [3.8, 4) is 0 Å². The number of fused-ring (bicyclic) bond motifs is 1. The van der Waals surface area contributed by atoms with Gasteiger partial charge in [-0.3, -0.25) is 4.98 Å². The fourth-order valence-electron chi connectivity index (χ4n) is 0.862. The predicted molar refractivity (Wildman–Crippen MR) is 41.7 cm³/mol. The number of thiophene rings is 1. The molecule has 62 valence electrons. The lowest BCUT2D eigenvalue weighted by molar-refractivity contribution is 0.0702. The molecule has 0 aliphatic heterocycles. The molecule has 2 rings (SSSR count). The largest absolute Gasteiger partial charge is 0.477 e. The van der Waals surface area contributed by atoms with E-state index in [-0.39, 0.29) is 4.88 Å². The first kappa shape index (κ1) is 7.11. The molecule has 0 saturated heterocycles. The number of nitrogens with one attached hydrogen (secondary N) is 1. The van der Waals surface area contributed by atoms with E-state index < -0.39 is 11.7 Å². The highest BCUT2D eigenvalue weighted by Crippen LogP contribution is 2.22. The zero-order valence-corrected chi connectivity index (χ0v) is 6.47. The number of hydrogen-bond donors (Lipinski definition) is 2. The highest BCUT2D eigenvalue weighted by atomic mass is 32.1. The van der Waals surface area contributed by atoms with Crippen LogP contribution in [0.3, 0.4) is 0 Å². The summed E-state index contributed by atoms with van der Waals surface area (Å²) in [6.45, 7) is 0. The molecule has 0 spiro atoms. The van der Waals surface area contributed by atoms with E-state index in [0.717, 1.165) is 11.3 Å². The number of H-pyrrole nitrogens is 1. The monoisotopic (exact) mass is 185 g/mol. The maximum Gasteiger partial charge on any atom is 0.418 e. The summed E-state index contributed by atoms with van der Waals surface area (Å²) >= 11 is 0.929. The lowest BCUT2D eigenvalue weighted by atomic mass is 10.4. The van der Waals surface area contributed by atoms with Gasteiger partial charge >= 0.3 is 11.7 Å². The van der Waals surface area contributed by atoms with Crippen LogP contribution < -0.4 is 5.76 Å². The highest BCUT2D eigenvalue weighted by molar-refractivity contribution is 7.20. The number of aromatic nitrogens is 1. The fraction of sp³-hybridized carbons (Fsp3) is 0. The van der Waals surface area contributed by atoms with Crippen molar-refractivity contribution in [1.82, 2.24) is 4.98 Å². The Balaban J connectivity index is 2.72. The van der Waals surface area contributed by atoms with Crippen molar-refractivity contribution in [3.63, 3.8) is 0 Å². The van der Waals surface area contributed by atoms with Crippen LogP contribution in [-0.4, -0.2) is 16.1 Å². The molecule has 0 fully saturated rings. The second kappa shape index (κ2) is 2.21. The van der Waals surface area contributed by atoms with Crippen LogP contribution in [0.1, 0.15) is 9.67 Å². The average molecular weight is 185 g/mol. The number of aromatic amines is 1. The van der Waals surface area contributed by atoms with E-state index in [0.29, 0.717) is 10.4 Å². The Morgan fingerprint density at radius 2 is 2.42 bits per heavy atom. The van der Waals surface area contributed by atoms with Crippen LogP contribution in [0.2, 0.25) is 0 Å². The Labute approximate surface area is 69.2 Å². The van der Waals surface area contributed by atoms with Crippen LogP contribution in [0.15, 0.2) is 15.3 Å². The molecular formula is C6H3NO4S. The van der Waals surface area contributed by atoms with E-state index in [9.17, 15) is 9.59 Å². The van der Waals surface area contributed by atoms with Crippen molar-refractivity contribution in [2.75, 3.05) is 0 Å². The summed E-state index contributed by atoms with van der Waals surface area (Å²) in [7, 11) is 0. The number of carboxylic acid groups (broad SMARTS) is 1. The summed E-state index contributed by atoms with van der Waals surface area (Å²) in [6, 6.07) is 1.37. The second-order valence-corrected chi connectivity index (χ2v) is 3.15. The van der Waals surface area contributed by atoms with Gasteiger partial charge in [-0.1, -0.05) is 11.3 Å². The Morgan fingerprint density at radius 3 is 3.00 bits per heavy atom. The Bertz CT molecular complexity index is 456. The minimum Gasteiger partial charge on any atom is -0.477 e. The molecule has 2 heterocycles. The molecule has 0 radical (unpaired) electrons. The quantitative estimate of drug-likeness (QED) is 0.690. The van der Waals surface area contributed by atoms with Gasteiger partial charge in [0.05, 0.1) is 5.52 Å². The summed E-state index contributed by atoms with van der Waals surface area (Å²) < 4.78 is 4.64. The Kier molecular flexibility index (Phi) is 1.31. The van der Waals surface area contributed by atoms with Crippen LogP contribution in [0.4, 0.5) is 0 Å². The molecule has 0 aliphatic carbocycles. The summed E-state index contributed by atoms with van der Waals surface area (Å²) in [5, 5.41) is 8.55. The molecule has 0 aliphatic rings. The Hall–Kier alpha value is -1.56. The molecule has 0 saturated carbocycles. The molecular weight excluding hydrogens is 182 g/mol. The molecule has 0 bridgehead atoms. The number of hydrogen-bond acceptors (Lipinski definition) is 4. The van der Waals surface area contributed by atoms with E-state index in [1.165, 1.54) is 6.07 Å². The van der Waals surface area contributed by atoms with E-state index in [1.54, 1.807) is 0 Å². The van der Waals surface area contributed by atoms with E-state index >= 15 is 0 Å². The zero-order chi connectivity index (χ0) is 8.72. The maximum absolute atomic E-state index is 10.6. The smallest absolute Gasteiger partial charge is 0.418 e. The molecule has 0 unspecified atom stereocenters. The van der Waals surface area contributed by atoms with Gasteiger partial charge in [-0.15, -0.1) is 0 Å². The lowest BCUT2D eigenvalue weighted by Crippen LogP contribution is -1.94. The summed E-state index contributed by atoms with van der Waals surface area (Å²) in [4.78, 5) is 23.8. The highest BCUT2D eigenvalue weighted by Gasteiger charge is 2.11. The van der Waals surface area contributed by atoms with Gasteiger partial charge in [-0.2, -0.15) is 0 Å². The first-order valence-corrected chi connectivity index (χ1v) is 3.84. The van der Waals surface area contributed by atoms with E-state index in [4.69, 9.17) is 5.11 Å². The van der Waals surface area contributed by atoms with Crippen molar-refractivity contribution < 1.29 is 14.3 Å². The number of carboxylic acids is 1. The molecule has 0 aromatic carbocycles. The van der Waals surface area contributed by atoms with Crippen molar-refractivity contribution in [3.05, 3.63) is 21.5 Å². The summed E-state index contributed by atoms with van der Waals surface area (Å²) in [5.74, 6) is -1.58. The predicted octanol–water partition coefficient (Wildman–Crippen LogP) is 0.881. The molecule has 0 amide bonds. The van der Waals surface area contributed by atoms with Crippen LogP contribution in [0.25, 0.3) is 10.4 Å². The topological polar surface area (TPSA) is 83.3 Å². The number of carbonyl (C=O) groups is 1. The summed E-state index contributed by atoms with van der Waals surface area (Å²) in [5.41, 5.74) is 0.433.